The van der Waals surface area contributed by atoms with Crippen molar-refractivity contribution in [2.45, 2.75) is 19.9 Å². The Kier molecular flexibility index (Phi) is 6.79. The molecule has 0 aliphatic carbocycles. The molecule has 156 valence electrons. The van der Waals surface area contributed by atoms with Gasteiger partial charge in [-0.3, -0.25) is 4.79 Å². The number of methoxy groups -OCH3 is 1. The van der Waals surface area contributed by atoms with Gasteiger partial charge >= 0.3 is 11.9 Å². The SMILES string of the molecule is CCOC(=O)C1C(C)=NC(=S)NC1c1ccc(OC(=O)c2ccccc2)c(OC)c1. The molecular weight excluding hydrogens is 404 g/mol. The first kappa shape index (κ1) is 21.4. The van der Waals surface area contributed by atoms with Crippen LogP contribution < -0.4 is 14.8 Å². The van der Waals surface area contributed by atoms with E-state index in [1.165, 1.54) is 7.11 Å². The molecule has 0 aromatic heterocycles. The molecule has 0 amide bonds. The number of rotatable bonds is 6. The Bertz CT molecular complexity index is 990. The number of carbonyl (C=O) groups excluding carboxylic acids is 2. The molecule has 1 aliphatic heterocycles. The van der Waals surface area contributed by atoms with Gasteiger partial charge in [0.05, 0.1) is 25.3 Å². The van der Waals surface area contributed by atoms with Crippen molar-refractivity contribution in [3.05, 3.63) is 59.7 Å². The van der Waals surface area contributed by atoms with Crippen molar-refractivity contribution in [1.29, 1.82) is 0 Å². The molecule has 1 N–H and O–H groups in total. The van der Waals surface area contributed by atoms with E-state index in [0.29, 0.717) is 17.0 Å². The molecule has 1 heterocycles. The van der Waals surface area contributed by atoms with Gasteiger partial charge in [0.25, 0.3) is 0 Å². The van der Waals surface area contributed by atoms with Crippen LogP contribution in [0.15, 0.2) is 53.5 Å². The summed E-state index contributed by atoms with van der Waals surface area (Å²) in [6.07, 6.45) is 0. The molecule has 8 heteroatoms. The summed E-state index contributed by atoms with van der Waals surface area (Å²) >= 11 is 5.21. The minimum Gasteiger partial charge on any atom is -0.493 e. The fourth-order valence-electron chi connectivity index (χ4n) is 3.23. The van der Waals surface area contributed by atoms with Crippen molar-refractivity contribution in [1.82, 2.24) is 5.32 Å². The third-order valence-electron chi connectivity index (χ3n) is 4.64. The lowest BCUT2D eigenvalue weighted by Crippen LogP contribution is -2.44. The molecule has 0 saturated heterocycles. The van der Waals surface area contributed by atoms with Gasteiger partial charge in [0, 0.05) is 5.71 Å². The smallest absolute Gasteiger partial charge is 0.343 e. The highest BCUT2D eigenvalue weighted by atomic mass is 32.1. The molecule has 2 aromatic carbocycles. The summed E-state index contributed by atoms with van der Waals surface area (Å²) in [6.45, 7) is 3.76. The van der Waals surface area contributed by atoms with E-state index in [9.17, 15) is 9.59 Å². The highest BCUT2D eigenvalue weighted by Crippen LogP contribution is 2.35. The Hall–Kier alpha value is -3.26. The van der Waals surface area contributed by atoms with E-state index in [1.807, 2.05) is 6.07 Å². The van der Waals surface area contributed by atoms with Gasteiger partial charge in [0.1, 0.15) is 5.92 Å². The number of hydrogen-bond acceptors (Lipinski definition) is 6. The highest BCUT2D eigenvalue weighted by Gasteiger charge is 2.37. The molecule has 0 radical (unpaired) electrons. The van der Waals surface area contributed by atoms with Gasteiger partial charge in [-0.05, 0) is 55.9 Å². The minimum atomic E-state index is -0.640. The molecule has 0 bridgehead atoms. The quantitative estimate of drug-likeness (QED) is 0.430. The van der Waals surface area contributed by atoms with E-state index in [2.05, 4.69) is 10.3 Å². The van der Waals surface area contributed by atoms with E-state index < -0.39 is 23.9 Å². The van der Waals surface area contributed by atoms with Gasteiger partial charge in [-0.1, -0.05) is 24.3 Å². The molecule has 30 heavy (non-hydrogen) atoms. The summed E-state index contributed by atoms with van der Waals surface area (Å²) in [5.41, 5.74) is 1.72. The predicted molar refractivity (Wildman–Crippen MR) is 116 cm³/mol. The number of aliphatic imine (C=N–C) groups is 1. The molecule has 0 spiro atoms. The number of thiocarbonyl (C=S) groups is 1. The van der Waals surface area contributed by atoms with Crippen molar-refractivity contribution in [3.8, 4) is 11.5 Å². The summed E-state index contributed by atoms with van der Waals surface area (Å²) in [6, 6.07) is 13.3. The first-order valence-electron chi connectivity index (χ1n) is 9.42. The lowest BCUT2D eigenvalue weighted by atomic mass is 9.88. The summed E-state index contributed by atoms with van der Waals surface area (Å²) < 4.78 is 16.1. The van der Waals surface area contributed by atoms with Crippen LogP contribution in [-0.2, 0) is 9.53 Å². The van der Waals surface area contributed by atoms with Crippen molar-refractivity contribution in [3.63, 3.8) is 0 Å². The number of nitrogens with one attached hydrogen (secondary N) is 1. The zero-order valence-corrected chi connectivity index (χ0v) is 17.7. The first-order valence-corrected chi connectivity index (χ1v) is 9.83. The lowest BCUT2D eigenvalue weighted by Gasteiger charge is -2.31. The topological polar surface area (TPSA) is 86.2 Å². The number of esters is 2. The molecule has 3 rings (SSSR count). The van der Waals surface area contributed by atoms with Crippen LogP contribution in [0.1, 0.15) is 35.8 Å². The molecule has 2 atom stereocenters. The van der Waals surface area contributed by atoms with Crippen molar-refractivity contribution in [2.24, 2.45) is 10.9 Å². The summed E-state index contributed by atoms with van der Waals surface area (Å²) in [4.78, 5) is 29.1. The average Bonchev–Trinajstić information content (AvgIpc) is 2.74. The van der Waals surface area contributed by atoms with E-state index in [4.69, 9.17) is 26.4 Å². The fourth-order valence-corrected chi connectivity index (χ4v) is 3.50. The van der Waals surface area contributed by atoms with Gasteiger partial charge in [-0.15, -0.1) is 0 Å². The summed E-state index contributed by atoms with van der Waals surface area (Å²) in [7, 11) is 1.48. The van der Waals surface area contributed by atoms with Crippen LogP contribution in [0.4, 0.5) is 0 Å². The van der Waals surface area contributed by atoms with E-state index in [0.717, 1.165) is 5.56 Å². The predicted octanol–water partition coefficient (Wildman–Crippen LogP) is 3.48. The summed E-state index contributed by atoms with van der Waals surface area (Å²) in [5, 5.41) is 3.36. The number of ether oxygens (including phenoxy) is 3. The second kappa shape index (κ2) is 9.49. The van der Waals surface area contributed by atoms with Gasteiger partial charge in [-0.2, -0.15) is 0 Å². The molecule has 0 saturated carbocycles. The Balaban J connectivity index is 1.90. The van der Waals surface area contributed by atoms with Crippen LogP contribution >= 0.6 is 12.2 Å². The second-order valence-corrected chi connectivity index (χ2v) is 6.96. The molecule has 1 aliphatic rings. The number of hydrogen-bond donors (Lipinski definition) is 1. The Morgan fingerprint density at radius 2 is 1.87 bits per heavy atom. The van der Waals surface area contributed by atoms with Crippen molar-refractivity contribution in [2.75, 3.05) is 13.7 Å². The van der Waals surface area contributed by atoms with Crippen molar-refractivity contribution < 1.29 is 23.8 Å². The molecule has 2 aromatic rings. The summed E-state index contributed by atoms with van der Waals surface area (Å²) in [5.74, 6) is -0.902. The van der Waals surface area contributed by atoms with Crippen LogP contribution in [-0.4, -0.2) is 36.5 Å². The minimum absolute atomic E-state index is 0.261. The molecule has 0 fully saturated rings. The van der Waals surface area contributed by atoms with E-state index in [-0.39, 0.29) is 17.5 Å². The maximum absolute atomic E-state index is 12.5. The van der Waals surface area contributed by atoms with Crippen LogP contribution in [0, 0.1) is 5.92 Å². The maximum Gasteiger partial charge on any atom is 0.343 e. The number of nitrogens with zero attached hydrogens (tertiary/aromatic N) is 1. The van der Waals surface area contributed by atoms with Gasteiger partial charge in [0.2, 0.25) is 0 Å². The maximum atomic E-state index is 12.5. The van der Waals surface area contributed by atoms with Crippen LogP contribution in [0.5, 0.6) is 11.5 Å². The highest BCUT2D eigenvalue weighted by molar-refractivity contribution is 7.80. The first-order chi connectivity index (χ1) is 14.4. The van der Waals surface area contributed by atoms with E-state index in [1.54, 1.807) is 56.3 Å². The molecule has 2 unspecified atom stereocenters. The largest absolute Gasteiger partial charge is 0.493 e. The third kappa shape index (κ3) is 4.65. The van der Waals surface area contributed by atoms with Crippen LogP contribution in [0.25, 0.3) is 0 Å². The third-order valence-corrected chi connectivity index (χ3v) is 4.85. The van der Waals surface area contributed by atoms with Gasteiger partial charge < -0.3 is 19.5 Å². The normalized spacial score (nSPS) is 18.1. The van der Waals surface area contributed by atoms with Crippen LogP contribution in [0.2, 0.25) is 0 Å². The van der Waals surface area contributed by atoms with Crippen molar-refractivity contribution >= 4 is 35.0 Å². The Morgan fingerprint density at radius 3 is 2.53 bits per heavy atom. The number of benzene rings is 2. The van der Waals surface area contributed by atoms with E-state index >= 15 is 0 Å². The molecule has 7 nitrogen and oxygen atoms in total. The average molecular weight is 426 g/mol. The van der Waals surface area contributed by atoms with Gasteiger partial charge in [0.15, 0.2) is 16.6 Å². The number of carbonyl (C=O) groups is 2. The molecular formula is C22H22N2O5S. The zero-order chi connectivity index (χ0) is 21.7. The Morgan fingerprint density at radius 1 is 1.13 bits per heavy atom. The van der Waals surface area contributed by atoms with Crippen LogP contribution in [0.3, 0.4) is 0 Å². The monoisotopic (exact) mass is 426 g/mol. The fraction of sp³-hybridized carbons (Fsp3) is 0.273. The van der Waals surface area contributed by atoms with Gasteiger partial charge in [-0.25, -0.2) is 9.79 Å². The lowest BCUT2D eigenvalue weighted by molar-refractivity contribution is -0.146. The second-order valence-electron chi connectivity index (χ2n) is 6.58. The zero-order valence-electron chi connectivity index (χ0n) is 16.9. The standard InChI is InChI=1S/C22H22N2O5S/c1-4-28-21(26)18-13(2)23-22(30)24-19(18)15-10-11-16(17(12-15)27-3)29-20(25)14-8-6-5-7-9-14/h5-12,18-19H,4H2,1-3H3,(H,24,30). The Labute approximate surface area is 180 Å².